The molecule has 4 rings (SSSR count). The van der Waals surface area contributed by atoms with Crippen LogP contribution in [0.3, 0.4) is 0 Å². The summed E-state index contributed by atoms with van der Waals surface area (Å²) in [7, 11) is -1.85. The quantitative estimate of drug-likeness (QED) is 0.384. The molecule has 0 bridgehead atoms. The summed E-state index contributed by atoms with van der Waals surface area (Å²) in [5.41, 5.74) is 3.18. The molecule has 10 nitrogen and oxygen atoms in total. The number of thiazole rings is 1. The topological polar surface area (TPSA) is 141 Å². The molecule has 0 aliphatic carbocycles. The average molecular weight is 459 g/mol. The van der Waals surface area contributed by atoms with Crippen LogP contribution in [0.25, 0.3) is 11.2 Å². The number of aryl methyl sites for hydroxylation is 3. The lowest BCUT2D eigenvalue weighted by Crippen LogP contribution is -2.12. The molecule has 3 heterocycles. The smallest absolute Gasteiger partial charge is 0.238 e. The van der Waals surface area contributed by atoms with E-state index in [2.05, 4.69) is 37.5 Å². The molecule has 0 saturated heterocycles. The first-order chi connectivity index (χ1) is 14.7. The lowest BCUT2D eigenvalue weighted by atomic mass is 10.2. The van der Waals surface area contributed by atoms with E-state index in [0.29, 0.717) is 24.0 Å². The standard InChI is InChI=1S/C19H22N8O2S2/c1-4-14-11(2)23-19(30-14)26-18-24-16(15-17(25-18)22-10-27(15)3)21-9-12-5-7-13(8-6-12)31(20,28)29/h5-8,10H,4,9H2,1-3H3,(H2,20,28,29)(H2,21,23,24,25,26). The summed E-state index contributed by atoms with van der Waals surface area (Å²) in [5.74, 6) is 1.00. The van der Waals surface area contributed by atoms with Crippen molar-refractivity contribution in [2.75, 3.05) is 10.6 Å². The SMILES string of the molecule is CCc1sc(Nc2nc(NCc3ccc(S(N)(=O)=O)cc3)c3c(ncn3C)n2)nc1C. The first-order valence-corrected chi connectivity index (χ1v) is 11.9. The summed E-state index contributed by atoms with van der Waals surface area (Å²) < 4.78 is 24.7. The van der Waals surface area contributed by atoms with Gasteiger partial charge in [0.25, 0.3) is 0 Å². The average Bonchev–Trinajstić information content (AvgIpc) is 3.27. The van der Waals surface area contributed by atoms with Crippen molar-refractivity contribution in [3.05, 3.63) is 46.7 Å². The first-order valence-electron chi connectivity index (χ1n) is 9.52. The van der Waals surface area contributed by atoms with Gasteiger partial charge in [0.2, 0.25) is 16.0 Å². The highest BCUT2D eigenvalue weighted by molar-refractivity contribution is 7.89. The fraction of sp³-hybridized carbons (Fsp3) is 0.263. The van der Waals surface area contributed by atoms with E-state index in [0.717, 1.165) is 28.3 Å². The van der Waals surface area contributed by atoms with E-state index >= 15 is 0 Å². The number of anilines is 3. The number of nitrogens with two attached hydrogens (primary N) is 1. The van der Waals surface area contributed by atoms with Crippen molar-refractivity contribution in [1.82, 2.24) is 24.5 Å². The van der Waals surface area contributed by atoms with E-state index < -0.39 is 10.0 Å². The molecule has 1 aromatic carbocycles. The Kier molecular flexibility index (Phi) is 5.60. The molecular formula is C19H22N8O2S2. The summed E-state index contributed by atoms with van der Waals surface area (Å²) in [6.45, 7) is 4.51. The number of nitrogens with one attached hydrogen (secondary N) is 2. The Hall–Kier alpha value is -3.09. The van der Waals surface area contributed by atoms with Crippen molar-refractivity contribution in [3.63, 3.8) is 0 Å². The highest BCUT2D eigenvalue weighted by Gasteiger charge is 2.14. The van der Waals surface area contributed by atoms with Gasteiger partial charge in [-0.05, 0) is 31.0 Å². The number of hydrogen-bond donors (Lipinski definition) is 3. The molecule has 0 radical (unpaired) electrons. The summed E-state index contributed by atoms with van der Waals surface area (Å²) in [6.07, 6.45) is 2.60. The van der Waals surface area contributed by atoms with Crippen LogP contribution in [0.1, 0.15) is 23.1 Å². The maximum absolute atomic E-state index is 11.4. The minimum atomic E-state index is -3.72. The molecule has 0 saturated carbocycles. The predicted octanol–water partition coefficient (Wildman–Crippen LogP) is 2.69. The van der Waals surface area contributed by atoms with E-state index in [9.17, 15) is 8.42 Å². The third-order valence-electron chi connectivity index (χ3n) is 4.72. The fourth-order valence-electron chi connectivity index (χ4n) is 3.12. The number of fused-ring (bicyclic) bond motifs is 1. The maximum atomic E-state index is 11.4. The van der Waals surface area contributed by atoms with Gasteiger partial charge in [0.15, 0.2) is 16.6 Å². The Morgan fingerprint density at radius 1 is 1.16 bits per heavy atom. The lowest BCUT2D eigenvalue weighted by Gasteiger charge is -2.10. The molecule has 4 N–H and O–H groups in total. The van der Waals surface area contributed by atoms with Crippen molar-refractivity contribution in [2.24, 2.45) is 12.2 Å². The second-order valence-electron chi connectivity index (χ2n) is 6.97. The summed E-state index contributed by atoms with van der Waals surface area (Å²) in [4.78, 5) is 19.3. The molecule has 0 unspecified atom stereocenters. The van der Waals surface area contributed by atoms with Crippen LogP contribution in [0, 0.1) is 6.92 Å². The maximum Gasteiger partial charge on any atom is 0.238 e. The van der Waals surface area contributed by atoms with Crippen LogP contribution in [0.15, 0.2) is 35.5 Å². The molecule has 12 heteroatoms. The van der Waals surface area contributed by atoms with Gasteiger partial charge < -0.3 is 9.88 Å². The molecule has 3 aromatic heterocycles. The highest BCUT2D eigenvalue weighted by Crippen LogP contribution is 2.27. The van der Waals surface area contributed by atoms with Crippen LogP contribution in [0.4, 0.5) is 16.9 Å². The largest absolute Gasteiger partial charge is 0.364 e. The Balaban J connectivity index is 1.60. The Labute approximate surface area is 183 Å². The molecule has 4 aromatic rings. The van der Waals surface area contributed by atoms with Crippen molar-refractivity contribution in [3.8, 4) is 0 Å². The summed E-state index contributed by atoms with van der Waals surface area (Å²) in [5, 5.41) is 12.4. The first kappa shape index (κ1) is 21.2. The van der Waals surface area contributed by atoms with Gasteiger partial charge in [-0.1, -0.05) is 19.1 Å². The zero-order chi connectivity index (χ0) is 22.2. The van der Waals surface area contributed by atoms with Crippen LogP contribution >= 0.6 is 11.3 Å². The number of benzene rings is 1. The number of sulfonamides is 1. The molecule has 0 amide bonds. The van der Waals surface area contributed by atoms with Crippen LogP contribution in [-0.2, 0) is 30.0 Å². The fourth-order valence-corrected chi connectivity index (χ4v) is 4.54. The van der Waals surface area contributed by atoms with E-state index in [1.54, 1.807) is 29.8 Å². The number of aromatic nitrogens is 5. The van der Waals surface area contributed by atoms with Gasteiger partial charge in [-0.3, -0.25) is 5.32 Å². The monoisotopic (exact) mass is 458 g/mol. The van der Waals surface area contributed by atoms with Gasteiger partial charge in [0, 0.05) is 18.5 Å². The summed E-state index contributed by atoms with van der Waals surface area (Å²) >= 11 is 1.58. The third-order valence-corrected chi connectivity index (χ3v) is 6.86. The van der Waals surface area contributed by atoms with Crippen molar-refractivity contribution < 1.29 is 8.42 Å². The number of imidazole rings is 1. The number of rotatable bonds is 7. The predicted molar refractivity (Wildman–Crippen MR) is 121 cm³/mol. The van der Waals surface area contributed by atoms with Crippen molar-refractivity contribution >= 4 is 49.4 Å². The van der Waals surface area contributed by atoms with Crippen LogP contribution in [-0.4, -0.2) is 32.9 Å². The van der Waals surface area contributed by atoms with Crippen molar-refractivity contribution in [1.29, 1.82) is 0 Å². The van der Waals surface area contributed by atoms with Gasteiger partial charge in [0.05, 0.1) is 16.9 Å². The van der Waals surface area contributed by atoms with Gasteiger partial charge in [-0.25, -0.2) is 23.5 Å². The lowest BCUT2D eigenvalue weighted by molar-refractivity contribution is 0.598. The Bertz CT molecular complexity index is 1340. The molecule has 0 fully saturated rings. The Morgan fingerprint density at radius 3 is 2.55 bits per heavy atom. The van der Waals surface area contributed by atoms with Crippen LogP contribution in [0.2, 0.25) is 0 Å². The Morgan fingerprint density at radius 2 is 1.90 bits per heavy atom. The minimum Gasteiger partial charge on any atom is -0.364 e. The normalized spacial score (nSPS) is 11.7. The molecule has 0 aliphatic rings. The second kappa shape index (κ2) is 8.21. The summed E-state index contributed by atoms with van der Waals surface area (Å²) in [6, 6.07) is 6.38. The number of nitrogens with zero attached hydrogens (tertiary/aromatic N) is 5. The van der Waals surface area contributed by atoms with E-state index in [-0.39, 0.29) is 4.90 Å². The van der Waals surface area contributed by atoms with E-state index in [1.165, 1.54) is 17.0 Å². The van der Waals surface area contributed by atoms with Gasteiger partial charge in [-0.2, -0.15) is 9.97 Å². The second-order valence-corrected chi connectivity index (χ2v) is 9.62. The van der Waals surface area contributed by atoms with Gasteiger partial charge >= 0.3 is 0 Å². The zero-order valence-electron chi connectivity index (χ0n) is 17.2. The van der Waals surface area contributed by atoms with E-state index in [4.69, 9.17) is 5.14 Å². The molecule has 162 valence electrons. The van der Waals surface area contributed by atoms with E-state index in [1.807, 2.05) is 18.5 Å². The van der Waals surface area contributed by atoms with Gasteiger partial charge in [-0.15, -0.1) is 11.3 Å². The minimum absolute atomic E-state index is 0.0731. The molecular weight excluding hydrogens is 436 g/mol. The molecule has 0 atom stereocenters. The molecule has 0 aliphatic heterocycles. The van der Waals surface area contributed by atoms with Crippen LogP contribution in [0.5, 0.6) is 0 Å². The highest BCUT2D eigenvalue weighted by atomic mass is 32.2. The third kappa shape index (κ3) is 4.50. The van der Waals surface area contributed by atoms with Crippen LogP contribution < -0.4 is 15.8 Å². The number of hydrogen-bond acceptors (Lipinski definition) is 9. The zero-order valence-corrected chi connectivity index (χ0v) is 18.9. The van der Waals surface area contributed by atoms with Gasteiger partial charge in [0.1, 0.15) is 5.52 Å². The number of primary sulfonamides is 1. The molecule has 31 heavy (non-hydrogen) atoms. The molecule has 0 spiro atoms. The van der Waals surface area contributed by atoms with Crippen molar-refractivity contribution in [2.45, 2.75) is 31.7 Å².